The molecular weight excluding hydrogens is 506 g/mol. The van der Waals surface area contributed by atoms with Gasteiger partial charge in [-0.3, -0.25) is 9.69 Å². The number of benzene rings is 3. The summed E-state index contributed by atoms with van der Waals surface area (Å²) in [6, 6.07) is 24.9. The van der Waals surface area contributed by atoms with Crippen molar-refractivity contribution in [1.29, 1.82) is 0 Å². The van der Waals surface area contributed by atoms with Crippen LogP contribution in [0.4, 0.5) is 10.5 Å². The molecule has 2 aliphatic heterocycles. The molecule has 3 aliphatic rings. The van der Waals surface area contributed by atoms with Gasteiger partial charge in [0, 0.05) is 13.1 Å². The predicted octanol–water partition coefficient (Wildman–Crippen LogP) is 4.75. The maximum Gasteiger partial charge on any atom is 0.328 e. The van der Waals surface area contributed by atoms with Gasteiger partial charge >= 0.3 is 12.0 Å². The van der Waals surface area contributed by atoms with Gasteiger partial charge in [0.25, 0.3) is 0 Å². The lowest BCUT2D eigenvalue weighted by Gasteiger charge is -2.48. The first-order valence-electron chi connectivity index (χ1n) is 14.0. The van der Waals surface area contributed by atoms with E-state index in [4.69, 9.17) is 4.74 Å². The number of fused-ring (bicyclic) bond motifs is 2. The van der Waals surface area contributed by atoms with E-state index in [-0.39, 0.29) is 43.7 Å². The second-order valence-corrected chi connectivity index (χ2v) is 10.7. The number of aliphatic carboxylic acids is 1. The van der Waals surface area contributed by atoms with Crippen LogP contribution in [0, 0.1) is 0 Å². The zero-order valence-corrected chi connectivity index (χ0v) is 22.3. The number of hydrogen-bond acceptors (Lipinski definition) is 4. The van der Waals surface area contributed by atoms with Gasteiger partial charge in [0.2, 0.25) is 5.91 Å². The summed E-state index contributed by atoms with van der Waals surface area (Å²) in [4.78, 5) is 45.5. The highest BCUT2D eigenvalue weighted by molar-refractivity contribution is 5.97. The van der Waals surface area contributed by atoms with E-state index < -0.39 is 17.9 Å². The number of anilines is 1. The van der Waals surface area contributed by atoms with Crippen LogP contribution in [-0.2, 0) is 9.59 Å². The van der Waals surface area contributed by atoms with E-state index in [1.54, 1.807) is 9.80 Å². The minimum atomic E-state index is -1.16. The van der Waals surface area contributed by atoms with Gasteiger partial charge in [-0.15, -0.1) is 0 Å². The smallest absolute Gasteiger partial charge is 0.328 e. The summed E-state index contributed by atoms with van der Waals surface area (Å²) in [6.45, 7) is 0.315. The number of urea groups is 1. The van der Waals surface area contributed by atoms with Crippen molar-refractivity contribution in [3.05, 3.63) is 96.1 Å². The SMILES string of the molecule is O=C(O)[C@@H]1CN(C(=O)C(c2ccccc2)c2ccccc2)CCN1C(=O)N1c2ccccc2OC2CCCCC21. The van der Waals surface area contributed by atoms with E-state index in [9.17, 15) is 19.5 Å². The molecule has 206 valence electrons. The number of rotatable bonds is 4. The molecule has 0 aromatic heterocycles. The molecule has 0 bridgehead atoms. The van der Waals surface area contributed by atoms with E-state index in [1.165, 1.54) is 4.90 Å². The van der Waals surface area contributed by atoms with Crippen LogP contribution in [-0.4, -0.2) is 70.6 Å². The Morgan fingerprint density at radius 3 is 2.10 bits per heavy atom. The van der Waals surface area contributed by atoms with Crippen molar-refractivity contribution >= 4 is 23.6 Å². The Morgan fingerprint density at radius 1 is 0.800 bits per heavy atom. The molecule has 8 nitrogen and oxygen atoms in total. The van der Waals surface area contributed by atoms with Gasteiger partial charge in [-0.1, -0.05) is 79.2 Å². The Kier molecular flexibility index (Phi) is 7.15. The van der Waals surface area contributed by atoms with E-state index in [0.717, 1.165) is 36.8 Å². The van der Waals surface area contributed by atoms with E-state index in [1.807, 2.05) is 84.9 Å². The van der Waals surface area contributed by atoms with Crippen LogP contribution in [0.25, 0.3) is 0 Å². The quantitative estimate of drug-likeness (QED) is 0.517. The molecule has 3 aromatic rings. The zero-order chi connectivity index (χ0) is 27.6. The topological polar surface area (TPSA) is 90.4 Å². The third kappa shape index (κ3) is 4.78. The first-order valence-corrected chi connectivity index (χ1v) is 14.0. The first-order chi connectivity index (χ1) is 19.5. The molecule has 2 unspecified atom stereocenters. The summed E-state index contributed by atoms with van der Waals surface area (Å²) in [7, 11) is 0. The molecule has 3 atom stereocenters. The summed E-state index contributed by atoms with van der Waals surface area (Å²) >= 11 is 0. The lowest BCUT2D eigenvalue weighted by molar-refractivity contribution is -0.147. The van der Waals surface area contributed by atoms with Crippen molar-refractivity contribution in [3.63, 3.8) is 0 Å². The molecule has 8 heteroatoms. The van der Waals surface area contributed by atoms with Crippen LogP contribution in [0.15, 0.2) is 84.9 Å². The van der Waals surface area contributed by atoms with Crippen molar-refractivity contribution < 1.29 is 24.2 Å². The minimum Gasteiger partial charge on any atom is -0.486 e. The molecule has 3 aromatic carbocycles. The number of carbonyl (C=O) groups excluding carboxylic acids is 2. The molecule has 6 rings (SSSR count). The van der Waals surface area contributed by atoms with E-state index in [2.05, 4.69) is 0 Å². The molecule has 1 aliphatic carbocycles. The average molecular weight is 540 g/mol. The lowest BCUT2D eigenvalue weighted by atomic mass is 9.89. The fraction of sp³-hybridized carbons (Fsp3) is 0.344. The monoisotopic (exact) mass is 539 g/mol. The van der Waals surface area contributed by atoms with Crippen LogP contribution in [0.3, 0.4) is 0 Å². The molecule has 1 saturated heterocycles. The minimum absolute atomic E-state index is 0.0733. The van der Waals surface area contributed by atoms with Crippen LogP contribution in [0.1, 0.15) is 42.7 Å². The molecule has 0 spiro atoms. The van der Waals surface area contributed by atoms with Gasteiger partial charge in [-0.2, -0.15) is 0 Å². The third-order valence-electron chi connectivity index (χ3n) is 8.34. The van der Waals surface area contributed by atoms with E-state index >= 15 is 0 Å². The summed E-state index contributed by atoms with van der Waals surface area (Å²) in [5, 5.41) is 10.3. The van der Waals surface area contributed by atoms with Crippen molar-refractivity contribution in [2.75, 3.05) is 24.5 Å². The fourth-order valence-corrected chi connectivity index (χ4v) is 6.37. The van der Waals surface area contributed by atoms with Crippen molar-refractivity contribution in [1.82, 2.24) is 9.80 Å². The van der Waals surface area contributed by atoms with Crippen LogP contribution >= 0.6 is 0 Å². The molecule has 2 heterocycles. The summed E-state index contributed by atoms with van der Waals surface area (Å²) in [5.41, 5.74) is 2.36. The van der Waals surface area contributed by atoms with Gasteiger partial charge in [0.15, 0.2) is 0 Å². The summed E-state index contributed by atoms with van der Waals surface area (Å²) in [6.07, 6.45) is 3.57. The number of carboxylic acids is 1. The Bertz CT molecular complexity index is 1340. The van der Waals surface area contributed by atoms with Crippen molar-refractivity contribution in [2.24, 2.45) is 0 Å². The molecular formula is C32H33N3O5. The maximum atomic E-state index is 14.2. The highest BCUT2D eigenvalue weighted by Crippen LogP contribution is 2.41. The molecule has 1 N–H and O–H groups in total. The largest absolute Gasteiger partial charge is 0.486 e. The number of nitrogens with zero attached hydrogens (tertiary/aromatic N) is 3. The number of carboxylic acid groups (broad SMARTS) is 1. The van der Waals surface area contributed by atoms with Gasteiger partial charge < -0.3 is 19.6 Å². The number of amides is 3. The number of hydrogen-bond donors (Lipinski definition) is 1. The highest BCUT2D eigenvalue weighted by Gasteiger charge is 2.46. The van der Waals surface area contributed by atoms with Gasteiger partial charge in [-0.05, 0) is 42.5 Å². The molecule has 40 heavy (non-hydrogen) atoms. The van der Waals surface area contributed by atoms with Gasteiger partial charge in [0.1, 0.15) is 17.9 Å². The van der Waals surface area contributed by atoms with Crippen LogP contribution < -0.4 is 9.64 Å². The van der Waals surface area contributed by atoms with Gasteiger partial charge in [0.05, 0.1) is 24.2 Å². The summed E-state index contributed by atoms with van der Waals surface area (Å²) < 4.78 is 6.26. The predicted molar refractivity (Wildman–Crippen MR) is 150 cm³/mol. The summed E-state index contributed by atoms with van der Waals surface area (Å²) in [5.74, 6) is -1.20. The van der Waals surface area contributed by atoms with E-state index in [0.29, 0.717) is 11.4 Å². The van der Waals surface area contributed by atoms with Gasteiger partial charge in [-0.25, -0.2) is 9.59 Å². The normalized spacial score (nSPS) is 22.2. The second kappa shape index (κ2) is 11.0. The Morgan fingerprint density at radius 2 is 1.43 bits per heavy atom. The standard InChI is InChI=1S/C32H33N3O5/c36-30(29(22-11-3-1-4-12-22)23-13-5-2-6-14-23)33-19-20-34(26(21-33)31(37)38)32(39)35-24-15-7-9-17-27(24)40-28-18-10-8-16-25(28)35/h1-7,9,11-15,17,25-26,28-29H,8,10,16,18-21H2,(H,37,38)/t25?,26-,28?/m0/s1. The third-order valence-corrected chi connectivity index (χ3v) is 8.34. The Balaban J connectivity index is 1.28. The maximum absolute atomic E-state index is 14.2. The van der Waals surface area contributed by atoms with Crippen LogP contribution in [0.5, 0.6) is 5.75 Å². The Labute approximate surface area is 233 Å². The van der Waals surface area contributed by atoms with Crippen LogP contribution in [0.2, 0.25) is 0 Å². The highest BCUT2D eigenvalue weighted by atomic mass is 16.5. The Hall–Kier alpha value is -4.33. The van der Waals surface area contributed by atoms with Crippen molar-refractivity contribution in [3.8, 4) is 5.75 Å². The average Bonchev–Trinajstić information content (AvgIpc) is 3.00. The molecule has 2 fully saturated rings. The molecule has 1 saturated carbocycles. The zero-order valence-electron chi connectivity index (χ0n) is 22.3. The number of ether oxygens (including phenoxy) is 1. The second-order valence-electron chi connectivity index (χ2n) is 10.7. The van der Waals surface area contributed by atoms with Crippen molar-refractivity contribution in [2.45, 2.75) is 49.8 Å². The number of para-hydroxylation sites is 2. The number of carbonyl (C=O) groups is 3. The fourth-order valence-electron chi connectivity index (χ4n) is 6.37. The molecule has 0 radical (unpaired) electrons. The lowest BCUT2D eigenvalue weighted by Crippen LogP contribution is -2.65. The first kappa shape index (κ1) is 25.9. The molecule has 3 amide bonds. The number of piperazine rings is 1.